The van der Waals surface area contributed by atoms with Crippen LogP contribution in [0.1, 0.15) is 22.8 Å². The van der Waals surface area contributed by atoms with Gasteiger partial charge in [-0.25, -0.2) is 0 Å². The minimum Gasteiger partial charge on any atom is -0.497 e. The van der Waals surface area contributed by atoms with Crippen molar-refractivity contribution in [1.82, 2.24) is 0 Å². The van der Waals surface area contributed by atoms with E-state index >= 15 is 0 Å². The predicted molar refractivity (Wildman–Crippen MR) is 90.1 cm³/mol. The summed E-state index contributed by atoms with van der Waals surface area (Å²) in [6, 6.07) is 10.6. The summed E-state index contributed by atoms with van der Waals surface area (Å²) in [6.45, 7) is 2.43. The van der Waals surface area contributed by atoms with E-state index in [-0.39, 0.29) is 11.5 Å². The lowest BCUT2D eigenvalue weighted by Gasteiger charge is -2.11. The Labute approximate surface area is 140 Å². The van der Waals surface area contributed by atoms with Crippen LogP contribution in [0.15, 0.2) is 42.2 Å². The predicted octanol–water partition coefficient (Wildman–Crippen LogP) is 3.72. The molecule has 1 aliphatic heterocycles. The number of ether oxygens (including phenoxy) is 4. The largest absolute Gasteiger partial charge is 0.497 e. The number of ketones is 1. The molecule has 0 bridgehead atoms. The highest BCUT2D eigenvalue weighted by Crippen LogP contribution is 2.37. The standard InChI is InChI=1S/C19H18O5/c1-4-23-15-7-5-6-12(19(15)22-3)10-17-18(20)14-9-8-13(21-2)11-16(14)24-17/h5-11H,4H2,1-3H3/b17-10-. The van der Waals surface area contributed by atoms with Crippen LogP contribution in [0, 0.1) is 0 Å². The lowest BCUT2D eigenvalue weighted by atomic mass is 10.1. The third-order valence-electron chi connectivity index (χ3n) is 3.68. The van der Waals surface area contributed by atoms with Crippen molar-refractivity contribution in [2.45, 2.75) is 6.92 Å². The minimum absolute atomic E-state index is 0.170. The lowest BCUT2D eigenvalue weighted by Crippen LogP contribution is -2.00. The smallest absolute Gasteiger partial charge is 0.231 e. The minimum atomic E-state index is -0.170. The summed E-state index contributed by atoms with van der Waals surface area (Å²) in [5.41, 5.74) is 1.23. The SMILES string of the molecule is CCOc1cccc(/C=C2\Oc3cc(OC)ccc3C2=O)c1OC. The summed E-state index contributed by atoms with van der Waals surface area (Å²) in [4.78, 5) is 12.5. The maximum Gasteiger partial charge on any atom is 0.231 e. The van der Waals surface area contributed by atoms with E-state index in [0.717, 1.165) is 0 Å². The molecule has 0 atom stereocenters. The zero-order valence-electron chi connectivity index (χ0n) is 13.8. The molecule has 0 saturated heterocycles. The van der Waals surface area contributed by atoms with Gasteiger partial charge in [0.15, 0.2) is 17.3 Å². The molecule has 0 amide bonds. The van der Waals surface area contributed by atoms with Crippen molar-refractivity contribution in [2.24, 2.45) is 0 Å². The normalized spacial score (nSPS) is 14.3. The molecule has 0 unspecified atom stereocenters. The second kappa shape index (κ2) is 6.66. The summed E-state index contributed by atoms with van der Waals surface area (Å²) in [5, 5.41) is 0. The van der Waals surface area contributed by atoms with E-state index in [2.05, 4.69) is 0 Å². The van der Waals surface area contributed by atoms with Crippen molar-refractivity contribution in [2.75, 3.05) is 20.8 Å². The number of rotatable bonds is 5. The Morgan fingerprint density at radius 1 is 1.12 bits per heavy atom. The second-order valence-corrected chi connectivity index (χ2v) is 5.11. The molecular weight excluding hydrogens is 308 g/mol. The molecule has 0 aromatic heterocycles. The van der Waals surface area contributed by atoms with Gasteiger partial charge in [0.25, 0.3) is 0 Å². The first-order chi connectivity index (χ1) is 11.7. The third kappa shape index (κ3) is 2.80. The van der Waals surface area contributed by atoms with Gasteiger partial charge in [-0.3, -0.25) is 4.79 Å². The molecule has 2 aromatic carbocycles. The molecule has 1 heterocycles. The molecule has 2 aromatic rings. The Morgan fingerprint density at radius 3 is 2.67 bits per heavy atom. The number of para-hydroxylation sites is 1. The van der Waals surface area contributed by atoms with Crippen LogP contribution in [-0.2, 0) is 0 Å². The lowest BCUT2D eigenvalue weighted by molar-refractivity contribution is 0.101. The van der Waals surface area contributed by atoms with Crippen molar-refractivity contribution < 1.29 is 23.7 Å². The van der Waals surface area contributed by atoms with E-state index in [1.165, 1.54) is 0 Å². The van der Waals surface area contributed by atoms with Crippen LogP contribution < -0.4 is 18.9 Å². The van der Waals surface area contributed by atoms with Gasteiger partial charge in [0.1, 0.15) is 11.5 Å². The molecule has 0 spiro atoms. The van der Waals surface area contributed by atoms with Crippen molar-refractivity contribution in [1.29, 1.82) is 0 Å². The maximum atomic E-state index is 12.5. The highest BCUT2D eigenvalue weighted by molar-refractivity contribution is 6.14. The van der Waals surface area contributed by atoms with Crippen LogP contribution in [0.4, 0.5) is 0 Å². The zero-order valence-corrected chi connectivity index (χ0v) is 13.8. The van der Waals surface area contributed by atoms with Crippen LogP contribution in [0.5, 0.6) is 23.0 Å². The Kier molecular flexibility index (Phi) is 4.42. The molecule has 0 N–H and O–H groups in total. The molecular formula is C19H18O5. The Bertz CT molecular complexity index is 807. The van der Waals surface area contributed by atoms with E-state index in [1.54, 1.807) is 38.5 Å². The van der Waals surface area contributed by atoms with E-state index < -0.39 is 0 Å². The van der Waals surface area contributed by atoms with Crippen LogP contribution >= 0.6 is 0 Å². The van der Waals surface area contributed by atoms with Gasteiger partial charge < -0.3 is 18.9 Å². The summed E-state index contributed by atoms with van der Waals surface area (Å²) in [6.07, 6.45) is 1.66. The van der Waals surface area contributed by atoms with Crippen molar-refractivity contribution in [3.05, 3.63) is 53.3 Å². The van der Waals surface area contributed by atoms with Gasteiger partial charge in [0.2, 0.25) is 5.78 Å². The summed E-state index contributed by atoms with van der Waals surface area (Å²) in [5.74, 6) is 2.39. The molecule has 0 aliphatic carbocycles. The van der Waals surface area contributed by atoms with Gasteiger partial charge in [-0.05, 0) is 31.2 Å². The highest BCUT2D eigenvalue weighted by Gasteiger charge is 2.28. The molecule has 0 saturated carbocycles. The number of hydrogen-bond donors (Lipinski definition) is 0. The van der Waals surface area contributed by atoms with Gasteiger partial charge in [0.05, 0.1) is 26.4 Å². The summed E-state index contributed by atoms with van der Waals surface area (Å²) >= 11 is 0. The number of fused-ring (bicyclic) bond motifs is 1. The summed E-state index contributed by atoms with van der Waals surface area (Å²) < 4.78 is 21.8. The summed E-state index contributed by atoms with van der Waals surface area (Å²) in [7, 11) is 3.14. The van der Waals surface area contributed by atoms with Crippen LogP contribution in [0.3, 0.4) is 0 Å². The first kappa shape index (κ1) is 15.9. The molecule has 0 fully saturated rings. The maximum absolute atomic E-state index is 12.5. The number of carbonyl (C=O) groups is 1. The van der Waals surface area contributed by atoms with E-state index in [9.17, 15) is 4.79 Å². The third-order valence-corrected chi connectivity index (χ3v) is 3.68. The number of allylic oxidation sites excluding steroid dienone is 1. The topological polar surface area (TPSA) is 54.0 Å². The number of Topliss-reactive ketones (excluding diaryl/α,β-unsaturated/α-hetero) is 1. The molecule has 0 radical (unpaired) electrons. The van der Waals surface area contributed by atoms with E-state index in [4.69, 9.17) is 18.9 Å². The first-order valence-corrected chi connectivity index (χ1v) is 7.60. The fourth-order valence-electron chi connectivity index (χ4n) is 2.57. The highest BCUT2D eigenvalue weighted by atomic mass is 16.5. The van der Waals surface area contributed by atoms with E-state index in [0.29, 0.717) is 40.7 Å². The van der Waals surface area contributed by atoms with Crippen molar-refractivity contribution >= 4 is 11.9 Å². The van der Waals surface area contributed by atoms with Gasteiger partial charge in [-0.2, -0.15) is 0 Å². The average Bonchev–Trinajstić information content (AvgIpc) is 2.90. The number of methoxy groups -OCH3 is 2. The fraction of sp³-hybridized carbons (Fsp3) is 0.211. The van der Waals surface area contributed by atoms with E-state index in [1.807, 2.05) is 25.1 Å². The van der Waals surface area contributed by atoms with Gasteiger partial charge in [-0.15, -0.1) is 0 Å². The monoisotopic (exact) mass is 326 g/mol. The molecule has 124 valence electrons. The van der Waals surface area contributed by atoms with Crippen LogP contribution in [0.25, 0.3) is 6.08 Å². The number of carbonyl (C=O) groups excluding carboxylic acids is 1. The van der Waals surface area contributed by atoms with Crippen molar-refractivity contribution in [3.8, 4) is 23.0 Å². The number of hydrogen-bond acceptors (Lipinski definition) is 5. The first-order valence-electron chi connectivity index (χ1n) is 7.60. The molecule has 24 heavy (non-hydrogen) atoms. The second-order valence-electron chi connectivity index (χ2n) is 5.11. The molecule has 5 nitrogen and oxygen atoms in total. The van der Waals surface area contributed by atoms with Crippen LogP contribution in [0.2, 0.25) is 0 Å². The zero-order chi connectivity index (χ0) is 17.1. The molecule has 3 rings (SSSR count). The van der Waals surface area contributed by atoms with Gasteiger partial charge in [-0.1, -0.05) is 12.1 Å². The Hall–Kier alpha value is -2.95. The van der Waals surface area contributed by atoms with Crippen LogP contribution in [-0.4, -0.2) is 26.6 Å². The van der Waals surface area contributed by atoms with Gasteiger partial charge in [0, 0.05) is 11.6 Å². The molecule has 1 aliphatic rings. The average molecular weight is 326 g/mol. The molecule has 5 heteroatoms. The number of benzene rings is 2. The fourth-order valence-corrected chi connectivity index (χ4v) is 2.57. The Balaban J connectivity index is 1.99. The van der Waals surface area contributed by atoms with Crippen molar-refractivity contribution in [3.63, 3.8) is 0 Å². The van der Waals surface area contributed by atoms with Gasteiger partial charge >= 0.3 is 0 Å². The Morgan fingerprint density at radius 2 is 1.96 bits per heavy atom. The quantitative estimate of drug-likeness (QED) is 0.784.